The molecule has 0 radical (unpaired) electrons. The number of amides is 4. The van der Waals surface area contributed by atoms with Crippen molar-refractivity contribution in [1.29, 1.82) is 0 Å². The number of benzene rings is 1. The Balaban J connectivity index is 1.79. The third kappa shape index (κ3) is 7.35. The zero-order valence-corrected chi connectivity index (χ0v) is 18.3. The molecule has 1 saturated carbocycles. The van der Waals surface area contributed by atoms with E-state index < -0.39 is 5.54 Å². The van der Waals surface area contributed by atoms with Gasteiger partial charge in [-0.2, -0.15) is 0 Å². The molecule has 0 aliphatic heterocycles. The molecule has 0 heterocycles. The van der Waals surface area contributed by atoms with E-state index in [1.165, 1.54) is 0 Å². The number of hydrogen-bond acceptors (Lipinski definition) is 3. The second-order valence-corrected chi connectivity index (χ2v) is 8.12. The summed E-state index contributed by atoms with van der Waals surface area (Å²) in [6, 6.07) is 9.51. The minimum Gasteiger partial charge on any atom is -0.354 e. The maximum atomic E-state index is 12.8. The smallest absolute Gasteiger partial charge is 0.317 e. The molecule has 7 heteroatoms. The van der Waals surface area contributed by atoms with Gasteiger partial charge < -0.3 is 20.9 Å². The molecule has 2 rings (SSSR count). The highest BCUT2D eigenvalue weighted by Crippen LogP contribution is 2.28. The van der Waals surface area contributed by atoms with Crippen LogP contribution >= 0.6 is 0 Å². The Labute approximate surface area is 180 Å². The Bertz CT molecular complexity index is 687. The highest BCUT2D eigenvalue weighted by atomic mass is 16.2. The molecule has 3 N–H and O–H groups in total. The molecule has 0 saturated heterocycles. The van der Waals surface area contributed by atoms with Crippen LogP contribution in [-0.4, -0.2) is 48.4 Å². The van der Waals surface area contributed by atoms with E-state index in [0.717, 1.165) is 37.7 Å². The number of nitrogens with one attached hydrogen (secondary N) is 3. The molecule has 7 nitrogen and oxygen atoms in total. The standard InChI is InChI=1S/C23H36N4O3/c1-3-4-16-24-21(29)23(14-9-6-10-15-23)26-20(28)13-17-25-22(30)27(2)18-19-11-7-5-8-12-19/h5,7-8,11-12H,3-4,6,9-10,13-18H2,1-2H3,(H,24,29)(H,25,30)(H,26,28). The molecule has 1 aromatic carbocycles. The molecular formula is C23H36N4O3. The third-order valence-electron chi connectivity index (χ3n) is 5.57. The van der Waals surface area contributed by atoms with Gasteiger partial charge in [-0.05, 0) is 24.8 Å². The zero-order chi connectivity index (χ0) is 21.8. The number of carbonyl (C=O) groups is 3. The summed E-state index contributed by atoms with van der Waals surface area (Å²) in [6.07, 6.45) is 6.38. The van der Waals surface area contributed by atoms with Gasteiger partial charge in [-0.3, -0.25) is 9.59 Å². The van der Waals surface area contributed by atoms with Crippen molar-refractivity contribution in [3.8, 4) is 0 Å². The van der Waals surface area contributed by atoms with Crippen LogP contribution in [0.1, 0.15) is 63.9 Å². The van der Waals surface area contributed by atoms with Gasteiger partial charge in [0.1, 0.15) is 5.54 Å². The van der Waals surface area contributed by atoms with Crippen LogP contribution in [0.15, 0.2) is 30.3 Å². The van der Waals surface area contributed by atoms with Gasteiger partial charge in [-0.1, -0.05) is 62.9 Å². The maximum absolute atomic E-state index is 12.8. The highest BCUT2D eigenvalue weighted by molar-refractivity contribution is 5.91. The van der Waals surface area contributed by atoms with Gasteiger partial charge in [-0.25, -0.2) is 4.79 Å². The van der Waals surface area contributed by atoms with Crippen LogP contribution in [0.25, 0.3) is 0 Å². The maximum Gasteiger partial charge on any atom is 0.317 e. The SMILES string of the molecule is CCCCNC(=O)C1(NC(=O)CCNC(=O)N(C)Cc2ccccc2)CCCCC1. The Hall–Kier alpha value is -2.57. The molecule has 0 spiro atoms. The zero-order valence-electron chi connectivity index (χ0n) is 18.3. The van der Waals surface area contributed by atoms with Gasteiger partial charge in [-0.15, -0.1) is 0 Å². The van der Waals surface area contributed by atoms with E-state index in [9.17, 15) is 14.4 Å². The Morgan fingerprint density at radius 3 is 2.37 bits per heavy atom. The predicted octanol–water partition coefficient (Wildman–Crippen LogP) is 2.95. The summed E-state index contributed by atoms with van der Waals surface area (Å²) in [5, 5.41) is 8.75. The summed E-state index contributed by atoms with van der Waals surface area (Å²) >= 11 is 0. The molecule has 166 valence electrons. The normalized spacial score (nSPS) is 15.1. The Kier molecular flexibility index (Phi) is 9.64. The second-order valence-electron chi connectivity index (χ2n) is 8.12. The molecule has 0 aromatic heterocycles. The van der Waals surface area contributed by atoms with E-state index in [-0.39, 0.29) is 30.8 Å². The van der Waals surface area contributed by atoms with E-state index in [0.29, 0.717) is 25.9 Å². The van der Waals surface area contributed by atoms with Gasteiger partial charge in [0, 0.05) is 33.1 Å². The summed E-state index contributed by atoms with van der Waals surface area (Å²) in [4.78, 5) is 39.1. The van der Waals surface area contributed by atoms with Gasteiger partial charge in [0.2, 0.25) is 11.8 Å². The van der Waals surface area contributed by atoms with E-state index >= 15 is 0 Å². The van der Waals surface area contributed by atoms with Crippen LogP contribution in [0.3, 0.4) is 0 Å². The van der Waals surface area contributed by atoms with Crippen LogP contribution in [-0.2, 0) is 16.1 Å². The lowest BCUT2D eigenvalue weighted by Crippen LogP contribution is -2.60. The largest absolute Gasteiger partial charge is 0.354 e. The molecule has 0 unspecified atom stereocenters. The number of carbonyl (C=O) groups excluding carboxylic acids is 3. The minimum absolute atomic E-state index is 0.0735. The molecule has 0 atom stereocenters. The highest BCUT2D eigenvalue weighted by Gasteiger charge is 2.40. The van der Waals surface area contributed by atoms with Crippen LogP contribution in [0, 0.1) is 0 Å². The fourth-order valence-electron chi connectivity index (χ4n) is 3.79. The van der Waals surface area contributed by atoms with Crippen LogP contribution in [0.4, 0.5) is 4.79 Å². The molecule has 0 bridgehead atoms. The van der Waals surface area contributed by atoms with Crippen molar-refractivity contribution in [3.05, 3.63) is 35.9 Å². The fourth-order valence-corrected chi connectivity index (χ4v) is 3.79. The van der Waals surface area contributed by atoms with E-state index in [2.05, 4.69) is 22.9 Å². The van der Waals surface area contributed by atoms with Crippen LogP contribution in [0.2, 0.25) is 0 Å². The topological polar surface area (TPSA) is 90.5 Å². The molecule has 1 aromatic rings. The molecule has 30 heavy (non-hydrogen) atoms. The van der Waals surface area contributed by atoms with Crippen molar-refractivity contribution in [2.24, 2.45) is 0 Å². The second kappa shape index (κ2) is 12.2. The predicted molar refractivity (Wildman–Crippen MR) is 118 cm³/mol. The van der Waals surface area contributed by atoms with Gasteiger partial charge in [0.05, 0.1) is 0 Å². The van der Waals surface area contributed by atoms with Gasteiger partial charge in [0.15, 0.2) is 0 Å². The molecular weight excluding hydrogens is 380 g/mol. The van der Waals surface area contributed by atoms with Crippen molar-refractivity contribution >= 4 is 17.8 Å². The van der Waals surface area contributed by atoms with Gasteiger partial charge in [0.25, 0.3) is 0 Å². The van der Waals surface area contributed by atoms with Gasteiger partial charge >= 0.3 is 6.03 Å². The monoisotopic (exact) mass is 416 g/mol. The lowest BCUT2D eigenvalue weighted by molar-refractivity contribution is -0.135. The molecule has 1 aliphatic carbocycles. The summed E-state index contributed by atoms with van der Waals surface area (Å²) in [7, 11) is 1.72. The lowest BCUT2D eigenvalue weighted by atomic mass is 9.80. The van der Waals surface area contributed by atoms with Crippen LogP contribution in [0.5, 0.6) is 0 Å². The number of rotatable bonds is 10. The molecule has 1 aliphatic rings. The summed E-state index contributed by atoms with van der Waals surface area (Å²) < 4.78 is 0. The average molecular weight is 417 g/mol. The number of nitrogens with zero attached hydrogens (tertiary/aromatic N) is 1. The molecule has 1 fully saturated rings. The summed E-state index contributed by atoms with van der Waals surface area (Å²) in [6.45, 7) is 3.45. The molecule has 4 amide bonds. The Morgan fingerprint density at radius 2 is 1.70 bits per heavy atom. The van der Waals surface area contributed by atoms with Crippen LogP contribution < -0.4 is 16.0 Å². The quantitative estimate of drug-likeness (QED) is 0.512. The van der Waals surface area contributed by atoms with Crippen molar-refractivity contribution in [1.82, 2.24) is 20.9 Å². The van der Waals surface area contributed by atoms with Crippen molar-refractivity contribution in [2.75, 3.05) is 20.1 Å². The van der Waals surface area contributed by atoms with E-state index in [1.807, 2.05) is 30.3 Å². The van der Waals surface area contributed by atoms with Crippen molar-refractivity contribution < 1.29 is 14.4 Å². The lowest BCUT2D eigenvalue weighted by Gasteiger charge is -2.36. The van der Waals surface area contributed by atoms with E-state index in [4.69, 9.17) is 0 Å². The first-order chi connectivity index (χ1) is 14.5. The number of unbranched alkanes of at least 4 members (excludes halogenated alkanes) is 1. The average Bonchev–Trinajstić information content (AvgIpc) is 2.75. The number of urea groups is 1. The third-order valence-corrected chi connectivity index (χ3v) is 5.57. The Morgan fingerprint density at radius 1 is 1.00 bits per heavy atom. The van der Waals surface area contributed by atoms with E-state index in [1.54, 1.807) is 11.9 Å². The first-order valence-electron chi connectivity index (χ1n) is 11.1. The number of hydrogen-bond donors (Lipinski definition) is 3. The van der Waals surface area contributed by atoms with Crippen molar-refractivity contribution in [3.63, 3.8) is 0 Å². The first kappa shape index (κ1) is 23.7. The van der Waals surface area contributed by atoms with Crippen molar-refractivity contribution in [2.45, 2.75) is 70.4 Å². The first-order valence-corrected chi connectivity index (χ1v) is 11.1. The summed E-state index contributed by atoms with van der Waals surface area (Å²) in [5.74, 6) is -0.274. The minimum atomic E-state index is -0.808. The fraction of sp³-hybridized carbons (Fsp3) is 0.609. The summed E-state index contributed by atoms with van der Waals surface area (Å²) in [5.41, 5.74) is 0.234.